The van der Waals surface area contributed by atoms with Crippen LogP contribution < -0.4 is 5.32 Å². The lowest BCUT2D eigenvalue weighted by Crippen LogP contribution is -2.25. The predicted octanol–water partition coefficient (Wildman–Crippen LogP) is 4.02. The second kappa shape index (κ2) is 7.55. The number of hydrogen-bond acceptors (Lipinski definition) is 3. The Morgan fingerprint density at radius 1 is 1.53 bits per heavy atom. The topological polar surface area (TPSA) is 12.0 Å². The summed E-state index contributed by atoms with van der Waals surface area (Å²) in [6.45, 7) is 5.39. The van der Waals surface area contributed by atoms with Crippen molar-refractivity contribution < 1.29 is 0 Å². The fourth-order valence-corrected chi connectivity index (χ4v) is 3.08. The molecule has 4 heteroatoms. The Hall–Kier alpha value is 0.300. The molecule has 1 atom stereocenters. The van der Waals surface area contributed by atoms with Gasteiger partial charge in [-0.25, -0.2) is 0 Å². The van der Waals surface area contributed by atoms with Crippen molar-refractivity contribution in [3.8, 4) is 0 Å². The van der Waals surface area contributed by atoms with Crippen LogP contribution in [0.5, 0.6) is 0 Å². The second-order valence-corrected chi connectivity index (χ2v) is 6.67. The van der Waals surface area contributed by atoms with Gasteiger partial charge in [0.15, 0.2) is 0 Å². The number of halogens is 1. The van der Waals surface area contributed by atoms with Crippen molar-refractivity contribution in [2.24, 2.45) is 0 Å². The Morgan fingerprint density at radius 2 is 2.33 bits per heavy atom. The molecule has 15 heavy (non-hydrogen) atoms. The van der Waals surface area contributed by atoms with E-state index < -0.39 is 0 Å². The van der Waals surface area contributed by atoms with Crippen molar-refractivity contribution in [1.29, 1.82) is 0 Å². The molecule has 0 spiro atoms. The number of hydrogen-bond donors (Lipinski definition) is 1. The minimum Gasteiger partial charge on any atom is -0.309 e. The molecule has 0 aliphatic heterocycles. The van der Waals surface area contributed by atoms with Gasteiger partial charge in [0.1, 0.15) is 0 Å². The summed E-state index contributed by atoms with van der Waals surface area (Å²) < 4.78 is 0.876. The lowest BCUT2D eigenvalue weighted by Gasteiger charge is -2.12. The molecule has 0 saturated carbocycles. The zero-order chi connectivity index (χ0) is 11.1. The summed E-state index contributed by atoms with van der Waals surface area (Å²) in [4.78, 5) is 1.31. The highest BCUT2D eigenvalue weighted by Gasteiger charge is 2.02. The molecule has 0 aliphatic carbocycles. The van der Waals surface area contributed by atoms with E-state index in [0.29, 0.717) is 6.04 Å². The smallest absolute Gasteiger partial charge is 0.0931 e. The van der Waals surface area contributed by atoms with Crippen LogP contribution in [0.4, 0.5) is 0 Å². The molecule has 0 aliphatic rings. The molecular formula is C11H18ClNS2. The molecule has 0 radical (unpaired) electrons. The third-order valence-corrected chi connectivity index (χ3v) is 4.32. The molecule has 1 aromatic heterocycles. The van der Waals surface area contributed by atoms with Crippen molar-refractivity contribution in [3.05, 3.63) is 21.3 Å². The van der Waals surface area contributed by atoms with Gasteiger partial charge in [0.2, 0.25) is 0 Å². The van der Waals surface area contributed by atoms with E-state index in [0.717, 1.165) is 10.9 Å². The minimum absolute atomic E-state index is 0.588. The van der Waals surface area contributed by atoms with E-state index in [1.807, 2.05) is 17.8 Å². The van der Waals surface area contributed by atoms with Gasteiger partial charge in [-0.1, -0.05) is 18.5 Å². The summed E-state index contributed by atoms with van der Waals surface area (Å²) in [7, 11) is 0. The Bertz CT molecular complexity index is 275. The quantitative estimate of drug-likeness (QED) is 0.746. The van der Waals surface area contributed by atoms with E-state index in [1.54, 1.807) is 11.3 Å². The van der Waals surface area contributed by atoms with Gasteiger partial charge < -0.3 is 5.32 Å². The SMILES string of the molecule is CCSCCC(C)NCc1ccc(Cl)s1. The van der Waals surface area contributed by atoms with Crippen molar-refractivity contribution >= 4 is 34.7 Å². The summed E-state index contributed by atoms with van der Waals surface area (Å²) in [5.74, 6) is 2.46. The first-order chi connectivity index (χ1) is 7.22. The Kier molecular flexibility index (Phi) is 6.73. The van der Waals surface area contributed by atoms with Crippen molar-refractivity contribution in [2.45, 2.75) is 32.9 Å². The molecule has 1 nitrogen and oxygen atoms in total. The normalized spacial score (nSPS) is 13.0. The minimum atomic E-state index is 0.588. The summed E-state index contributed by atoms with van der Waals surface area (Å²) in [6.07, 6.45) is 1.23. The third-order valence-electron chi connectivity index (χ3n) is 2.15. The average molecular weight is 264 g/mol. The van der Waals surface area contributed by atoms with Crippen LogP contribution in [-0.2, 0) is 6.54 Å². The Labute approximate surface area is 106 Å². The molecule has 1 heterocycles. The van der Waals surface area contributed by atoms with Crippen LogP contribution in [0.2, 0.25) is 4.34 Å². The lowest BCUT2D eigenvalue weighted by molar-refractivity contribution is 0.540. The van der Waals surface area contributed by atoms with E-state index in [-0.39, 0.29) is 0 Å². The van der Waals surface area contributed by atoms with Crippen molar-refractivity contribution in [3.63, 3.8) is 0 Å². The van der Waals surface area contributed by atoms with Gasteiger partial charge in [-0.3, -0.25) is 0 Å². The standard InChI is InChI=1S/C11H18ClNS2/c1-3-14-7-6-9(2)13-8-10-4-5-11(12)15-10/h4-5,9,13H,3,6-8H2,1-2H3. The molecule has 1 unspecified atom stereocenters. The van der Waals surface area contributed by atoms with Crippen LogP contribution in [0.3, 0.4) is 0 Å². The summed E-state index contributed by atoms with van der Waals surface area (Å²) in [5, 5.41) is 3.51. The lowest BCUT2D eigenvalue weighted by atomic mass is 10.2. The van der Waals surface area contributed by atoms with Crippen LogP contribution in [0.15, 0.2) is 12.1 Å². The highest BCUT2D eigenvalue weighted by molar-refractivity contribution is 7.99. The molecule has 0 saturated heterocycles. The maximum absolute atomic E-state index is 5.87. The molecule has 86 valence electrons. The molecule has 0 aromatic carbocycles. The van der Waals surface area contributed by atoms with Gasteiger partial charge >= 0.3 is 0 Å². The first-order valence-electron chi connectivity index (χ1n) is 5.27. The largest absolute Gasteiger partial charge is 0.309 e. The van der Waals surface area contributed by atoms with E-state index in [2.05, 4.69) is 25.2 Å². The van der Waals surface area contributed by atoms with Gasteiger partial charge in [-0.05, 0) is 37.0 Å². The monoisotopic (exact) mass is 263 g/mol. The van der Waals surface area contributed by atoms with Crippen molar-refractivity contribution in [2.75, 3.05) is 11.5 Å². The van der Waals surface area contributed by atoms with Crippen LogP contribution in [0.1, 0.15) is 25.1 Å². The first kappa shape index (κ1) is 13.4. The second-order valence-electron chi connectivity index (χ2n) is 3.47. The molecule has 0 fully saturated rings. The van der Waals surface area contributed by atoms with Crippen LogP contribution in [0.25, 0.3) is 0 Å². The van der Waals surface area contributed by atoms with Gasteiger partial charge in [0.25, 0.3) is 0 Å². The first-order valence-corrected chi connectivity index (χ1v) is 7.62. The highest BCUT2D eigenvalue weighted by atomic mass is 35.5. The van der Waals surface area contributed by atoms with E-state index in [9.17, 15) is 0 Å². The molecule has 1 rings (SSSR count). The van der Waals surface area contributed by atoms with Gasteiger partial charge in [0.05, 0.1) is 4.34 Å². The predicted molar refractivity (Wildman–Crippen MR) is 73.2 cm³/mol. The number of thiophene rings is 1. The Balaban J connectivity index is 2.13. The zero-order valence-corrected chi connectivity index (χ0v) is 11.6. The Morgan fingerprint density at radius 3 is 2.93 bits per heavy atom. The maximum atomic E-state index is 5.87. The summed E-state index contributed by atoms with van der Waals surface area (Å²) in [5.41, 5.74) is 0. The average Bonchev–Trinajstić information content (AvgIpc) is 2.62. The van der Waals surface area contributed by atoms with Crippen LogP contribution in [0, 0.1) is 0 Å². The van der Waals surface area contributed by atoms with Gasteiger partial charge in [-0.2, -0.15) is 11.8 Å². The zero-order valence-electron chi connectivity index (χ0n) is 9.25. The third kappa shape index (κ3) is 5.81. The highest BCUT2D eigenvalue weighted by Crippen LogP contribution is 2.21. The van der Waals surface area contributed by atoms with Crippen LogP contribution >= 0.6 is 34.7 Å². The number of rotatable bonds is 7. The fraction of sp³-hybridized carbons (Fsp3) is 0.636. The molecule has 1 aromatic rings. The molecular weight excluding hydrogens is 246 g/mol. The van der Waals surface area contributed by atoms with Gasteiger partial charge in [-0.15, -0.1) is 11.3 Å². The maximum Gasteiger partial charge on any atom is 0.0931 e. The van der Waals surface area contributed by atoms with E-state index in [4.69, 9.17) is 11.6 Å². The molecule has 1 N–H and O–H groups in total. The number of thioether (sulfide) groups is 1. The summed E-state index contributed by atoms with van der Waals surface area (Å²) in [6, 6.07) is 4.64. The van der Waals surface area contributed by atoms with Crippen LogP contribution in [-0.4, -0.2) is 17.5 Å². The van der Waals surface area contributed by atoms with E-state index in [1.165, 1.54) is 22.8 Å². The molecule has 0 bridgehead atoms. The van der Waals surface area contributed by atoms with Crippen molar-refractivity contribution in [1.82, 2.24) is 5.32 Å². The summed E-state index contributed by atoms with van der Waals surface area (Å²) >= 11 is 9.53. The number of nitrogens with one attached hydrogen (secondary N) is 1. The van der Waals surface area contributed by atoms with E-state index >= 15 is 0 Å². The molecule has 0 amide bonds. The van der Waals surface area contributed by atoms with Gasteiger partial charge in [0, 0.05) is 17.5 Å². The fourth-order valence-electron chi connectivity index (χ4n) is 1.23.